The molecule has 7 nitrogen and oxygen atoms in total. The standard InChI is InChI=1S/C22H28N4O3.HI/c1-23-22(24-10-9-16-14-25-18-8-6-5-7-17(16)18)26-13-15-11-19(27-2)21(29-4)20(12-15)28-3;/h5-8,11-12,14,25H,9-10,13H2,1-4H3,(H2,23,24,26);1H. The molecule has 0 radical (unpaired) electrons. The van der Waals surface area contributed by atoms with Gasteiger partial charge in [0.1, 0.15) is 0 Å². The van der Waals surface area contributed by atoms with Crippen LogP contribution in [-0.2, 0) is 13.0 Å². The van der Waals surface area contributed by atoms with Crippen LogP contribution in [0.25, 0.3) is 10.9 Å². The number of rotatable bonds is 8. The summed E-state index contributed by atoms with van der Waals surface area (Å²) in [4.78, 5) is 7.61. The van der Waals surface area contributed by atoms with Crippen LogP contribution in [0.5, 0.6) is 17.2 Å². The highest BCUT2D eigenvalue weighted by Crippen LogP contribution is 2.38. The summed E-state index contributed by atoms with van der Waals surface area (Å²) >= 11 is 0. The lowest BCUT2D eigenvalue weighted by molar-refractivity contribution is 0.323. The second kappa shape index (κ2) is 11.5. The number of fused-ring (bicyclic) bond motifs is 1. The quantitative estimate of drug-likeness (QED) is 0.238. The van der Waals surface area contributed by atoms with Crippen LogP contribution in [0.15, 0.2) is 47.6 Å². The first-order valence-electron chi connectivity index (χ1n) is 9.48. The van der Waals surface area contributed by atoms with Gasteiger partial charge >= 0.3 is 0 Å². The summed E-state index contributed by atoms with van der Waals surface area (Å²) in [5.41, 5.74) is 3.44. The Balaban J connectivity index is 0.00000320. The fourth-order valence-corrected chi connectivity index (χ4v) is 3.30. The molecular weight excluding hydrogens is 495 g/mol. The molecule has 3 N–H and O–H groups in total. The Hall–Kier alpha value is -2.62. The molecule has 0 saturated carbocycles. The fraction of sp³-hybridized carbons (Fsp3) is 0.318. The highest BCUT2D eigenvalue weighted by Gasteiger charge is 2.13. The largest absolute Gasteiger partial charge is 0.493 e. The Morgan fingerprint density at radius 1 is 1.00 bits per heavy atom. The number of halogens is 1. The summed E-state index contributed by atoms with van der Waals surface area (Å²) in [6.07, 6.45) is 2.97. The number of nitrogens with zero attached hydrogens (tertiary/aromatic N) is 1. The van der Waals surface area contributed by atoms with Crippen molar-refractivity contribution in [3.8, 4) is 17.2 Å². The van der Waals surface area contributed by atoms with Crippen molar-refractivity contribution in [2.75, 3.05) is 34.9 Å². The molecule has 8 heteroatoms. The minimum atomic E-state index is 0. The van der Waals surface area contributed by atoms with Gasteiger partial charge in [-0.1, -0.05) is 18.2 Å². The maximum atomic E-state index is 5.41. The molecule has 0 unspecified atom stereocenters. The van der Waals surface area contributed by atoms with E-state index in [2.05, 4.69) is 45.0 Å². The summed E-state index contributed by atoms with van der Waals surface area (Å²) in [6.45, 7) is 1.35. The third kappa shape index (κ3) is 5.50. The van der Waals surface area contributed by atoms with Gasteiger partial charge in [-0.2, -0.15) is 0 Å². The number of methoxy groups -OCH3 is 3. The number of guanidine groups is 1. The van der Waals surface area contributed by atoms with Crippen LogP contribution in [0.2, 0.25) is 0 Å². The molecule has 3 aromatic rings. The summed E-state index contributed by atoms with van der Waals surface area (Å²) in [5, 5.41) is 7.94. The molecule has 0 atom stereocenters. The van der Waals surface area contributed by atoms with Gasteiger partial charge in [-0.05, 0) is 35.7 Å². The first-order chi connectivity index (χ1) is 14.2. The maximum Gasteiger partial charge on any atom is 0.203 e. The number of aromatic amines is 1. The van der Waals surface area contributed by atoms with Crippen LogP contribution in [0, 0.1) is 0 Å². The van der Waals surface area contributed by atoms with Crippen molar-refractivity contribution in [3.63, 3.8) is 0 Å². The van der Waals surface area contributed by atoms with E-state index in [9.17, 15) is 0 Å². The van der Waals surface area contributed by atoms with Crippen LogP contribution in [0.4, 0.5) is 0 Å². The van der Waals surface area contributed by atoms with Crippen LogP contribution in [0.1, 0.15) is 11.1 Å². The molecule has 0 amide bonds. The fourth-order valence-electron chi connectivity index (χ4n) is 3.30. The molecule has 0 spiro atoms. The molecular formula is C22H29IN4O3. The van der Waals surface area contributed by atoms with Gasteiger partial charge in [0.05, 0.1) is 21.3 Å². The normalized spacial score (nSPS) is 11.0. The van der Waals surface area contributed by atoms with Crippen molar-refractivity contribution in [1.29, 1.82) is 0 Å². The molecule has 0 saturated heterocycles. The number of hydrogen-bond acceptors (Lipinski definition) is 4. The Labute approximate surface area is 194 Å². The van der Waals surface area contributed by atoms with E-state index in [1.165, 1.54) is 10.9 Å². The van der Waals surface area contributed by atoms with Crippen molar-refractivity contribution < 1.29 is 14.2 Å². The van der Waals surface area contributed by atoms with E-state index in [0.717, 1.165) is 30.0 Å². The van der Waals surface area contributed by atoms with E-state index in [1.54, 1.807) is 28.4 Å². The smallest absolute Gasteiger partial charge is 0.203 e. The predicted octanol–water partition coefficient (Wildman–Crippen LogP) is 3.72. The molecule has 0 fully saturated rings. The Kier molecular flexibility index (Phi) is 9.10. The average Bonchev–Trinajstić information content (AvgIpc) is 3.18. The van der Waals surface area contributed by atoms with Crippen molar-refractivity contribution in [2.24, 2.45) is 4.99 Å². The molecule has 0 aliphatic rings. The number of ether oxygens (including phenoxy) is 3. The molecule has 2 aromatic carbocycles. The number of benzene rings is 2. The first-order valence-corrected chi connectivity index (χ1v) is 9.48. The minimum absolute atomic E-state index is 0. The molecule has 30 heavy (non-hydrogen) atoms. The lowest BCUT2D eigenvalue weighted by Gasteiger charge is -2.16. The van der Waals surface area contributed by atoms with Gasteiger partial charge < -0.3 is 29.8 Å². The van der Waals surface area contributed by atoms with Gasteiger partial charge in [0, 0.05) is 37.2 Å². The molecule has 0 bridgehead atoms. The number of nitrogens with one attached hydrogen (secondary N) is 3. The first kappa shape index (κ1) is 23.7. The molecule has 1 heterocycles. The summed E-state index contributed by atoms with van der Waals surface area (Å²) < 4.78 is 16.2. The molecule has 0 aliphatic carbocycles. The van der Waals surface area contributed by atoms with E-state index >= 15 is 0 Å². The highest BCUT2D eigenvalue weighted by molar-refractivity contribution is 14.0. The molecule has 3 rings (SSSR count). The molecule has 1 aromatic heterocycles. The van der Waals surface area contributed by atoms with Gasteiger partial charge in [0.15, 0.2) is 17.5 Å². The summed E-state index contributed by atoms with van der Waals surface area (Å²) in [7, 11) is 6.58. The van der Waals surface area contributed by atoms with E-state index < -0.39 is 0 Å². The van der Waals surface area contributed by atoms with E-state index in [0.29, 0.717) is 23.8 Å². The Morgan fingerprint density at radius 2 is 1.70 bits per heavy atom. The van der Waals surface area contributed by atoms with Gasteiger partial charge in [-0.25, -0.2) is 0 Å². The number of aliphatic imine (C=N–C) groups is 1. The topological polar surface area (TPSA) is 79.9 Å². The van der Waals surface area contributed by atoms with Crippen LogP contribution in [0.3, 0.4) is 0 Å². The minimum Gasteiger partial charge on any atom is -0.493 e. The van der Waals surface area contributed by atoms with Gasteiger partial charge in [-0.15, -0.1) is 24.0 Å². The van der Waals surface area contributed by atoms with Crippen molar-refractivity contribution in [1.82, 2.24) is 15.6 Å². The highest BCUT2D eigenvalue weighted by atomic mass is 127. The lowest BCUT2D eigenvalue weighted by atomic mass is 10.1. The number of hydrogen-bond donors (Lipinski definition) is 3. The third-order valence-electron chi connectivity index (χ3n) is 4.77. The van der Waals surface area contributed by atoms with E-state index in [1.807, 2.05) is 18.2 Å². The monoisotopic (exact) mass is 524 g/mol. The number of H-pyrrole nitrogens is 1. The van der Waals surface area contributed by atoms with Crippen molar-refractivity contribution in [3.05, 3.63) is 53.7 Å². The van der Waals surface area contributed by atoms with E-state index in [-0.39, 0.29) is 24.0 Å². The molecule has 0 aliphatic heterocycles. The van der Waals surface area contributed by atoms with Crippen LogP contribution < -0.4 is 24.8 Å². The van der Waals surface area contributed by atoms with Crippen LogP contribution >= 0.6 is 24.0 Å². The van der Waals surface area contributed by atoms with Crippen molar-refractivity contribution in [2.45, 2.75) is 13.0 Å². The van der Waals surface area contributed by atoms with Crippen molar-refractivity contribution >= 4 is 40.8 Å². The number of para-hydroxylation sites is 1. The summed E-state index contributed by atoms with van der Waals surface area (Å²) in [5.74, 6) is 2.58. The van der Waals surface area contributed by atoms with Gasteiger partial charge in [0.25, 0.3) is 0 Å². The Bertz CT molecular complexity index is 962. The average molecular weight is 524 g/mol. The zero-order chi connectivity index (χ0) is 20.6. The summed E-state index contributed by atoms with van der Waals surface area (Å²) in [6, 6.07) is 12.2. The Morgan fingerprint density at radius 3 is 2.33 bits per heavy atom. The second-order valence-electron chi connectivity index (χ2n) is 6.50. The number of aromatic nitrogens is 1. The zero-order valence-electron chi connectivity index (χ0n) is 17.7. The van der Waals surface area contributed by atoms with E-state index in [4.69, 9.17) is 14.2 Å². The zero-order valence-corrected chi connectivity index (χ0v) is 20.1. The second-order valence-corrected chi connectivity index (χ2v) is 6.50. The SMILES string of the molecule is CN=C(NCCc1c[nH]c2ccccc12)NCc1cc(OC)c(OC)c(OC)c1.I. The molecule has 162 valence electrons. The van der Waals surface area contributed by atoms with Crippen LogP contribution in [-0.4, -0.2) is 45.9 Å². The predicted molar refractivity (Wildman–Crippen MR) is 132 cm³/mol. The van der Waals surface area contributed by atoms with Gasteiger partial charge in [-0.3, -0.25) is 4.99 Å². The van der Waals surface area contributed by atoms with Gasteiger partial charge in [0.2, 0.25) is 5.75 Å². The lowest BCUT2D eigenvalue weighted by Crippen LogP contribution is -2.37. The third-order valence-corrected chi connectivity index (χ3v) is 4.77. The maximum absolute atomic E-state index is 5.41.